The van der Waals surface area contributed by atoms with Gasteiger partial charge in [0.1, 0.15) is 0 Å². The summed E-state index contributed by atoms with van der Waals surface area (Å²) in [5.74, 6) is -0.419. The Bertz CT molecular complexity index is 1210. The molecule has 0 unspecified atom stereocenters. The van der Waals surface area contributed by atoms with Gasteiger partial charge >= 0.3 is 0 Å². The summed E-state index contributed by atoms with van der Waals surface area (Å²) in [7, 11) is 0. The molecular weight excluding hydrogens is 386 g/mol. The average molecular weight is 403 g/mol. The van der Waals surface area contributed by atoms with Gasteiger partial charge in [0.05, 0.1) is 22.8 Å². The number of nitrogens with one attached hydrogen (secondary N) is 1. The van der Waals surface area contributed by atoms with E-state index in [-0.39, 0.29) is 11.4 Å². The number of non-ortho nitro benzene ring substituents is 1. The number of nitro groups is 1. The fourth-order valence-corrected chi connectivity index (χ4v) is 3.05. The van der Waals surface area contributed by atoms with E-state index < -0.39 is 10.8 Å². The highest BCUT2D eigenvalue weighted by molar-refractivity contribution is 6.04. The van der Waals surface area contributed by atoms with Crippen molar-refractivity contribution in [2.24, 2.45) is 0 Å². The molecule has 1 amide bonds. The molecule has 0 aliphatic heterocycles. The van der Waals surface area contributed by atoms with Crippen molar-refractivity contribution in [3.8, 4) is 5.69 Å². The number of hydrogen-bond acceptors (Lipinski definition) is 6. The molecule has 0 atom stereocenters. The lowest BCUT2D eigenvalue weighted by molar-refractivity contribution is -0.384. The molecule has 0 radical (unpaired) electrons. The van der Waals surface area contributed by atoms with Crippen LogP contribution in [0.4, 0.5) is 11.4 Å². The van der Waals surface area contributed by atoms with Crippen molar-refractivity contribution in [1.82, 2.24) is 24.8 Å². The van der Waals surface area contributed by atoms with Crippen LogP contribution < -0.4 is 5.32 Å². The highest BCUT2D eigenvalue weighted by atomic mass is 16.6. The lowest BCUT2D eigenvalue weighted by Gasteiger charge is -2.11. The topological polar surface area (TPSA) is 121 Å². The standard InChI is InChI=1S/C20H17N7O3/c1-14-19(23-24-26(14)16-7-4-8-17(12-16)27(29)30)20(28)22-18-9-3-2-6-15(18)13-25-11-5-10-21-25/h2-12H,13H2,1H3,(H,22,28). The molecule has 0 aliphatic rings. The van der Waals surface area contributed by atoms with Gasteiger partial charge in [-0.1, -0.05) is 29.5 Å². The number of nitrogens with zero attached hydrogens (tertiary/aromatic N) is 6. The normalized spacial score (nSPS) is 10.7. The molecule has 0 saturated heterocycles. The largest absolute Gasteiger partial charge is 0.320 e. The number of hydrogen-bond donors (Lipinski definition) is 1. The van der Waals surface area contributed by atoms with Gasteiger partial charge in [-0.15, -0.1) is 5.10 Å². The summed E-state index contributed by atoms with van der Waals surface area (Å²) < 4.78 is 3.16. The van der Waals surface area contributed by atoms with Gasteiger partial charge in [-0.25, -0.2) is 4.68 Å². The van der Waals surface area contributed by atoms with Gasteiger partial charge in [0.15, 0.2) is 5.69 Å². The fraction of sp³-hybridized carbons (Fsp3) is 0.100. The number of carbonyl (C=O) groups is 1. The molecule has 0 bridgehead atoms. The van der Waals surface area contributed by atoms with Crippen molar-refractivity contribution in [2.75, 3.05) is 5.32 Å². The van der Waals surface area contributed by atoms with Gasteiger partial charge in [0.2, 0.25) is 0 Å². The molecule has 0 spiro atoms. The third-order valence-electron chi connectivity index (χ3n) is 4.55. The van der Waals surface area contributed by atoms with Crippen molar-refractivity contribution in [2.45, 2.75) is 13.5 Å². The van der Waals surface area contributed by atoms with Crippen LogP contribution >= 0.6 is 0 Å². The van der Waals surface area contributed by atoms with E-state index in [9.17, 15) is 14.9 Å². The molecule has 0 fully saturated rings. The smallest absolute Gasteiger partial charge is 0.278 e. The second-order valence-electron chi connectivity index (χ2n) is 6.53. The first-order valence-corrected chi connectivity index (χ1v) is 9.07. The first kappa shape index (κ1) is 19.0. The molecule has 4 rings (SSSR count). The predicted octanol–water partition coefficient (Wildman–Crippen LogP) is 2.98. The molecule has 4 aromatic rings. The zero-order chi connectivity index (χ0) is 21.1. The Morgan fingerprint density at radius 3 is 2.77 bits per heavy atom. The fourth-order valence-electron chi connectivity index (χ4n) is 3.05. The van der Waals surface area contributed by atoms with Crippen molar-refractivity contribution >= 4 is 17.3 Å². The summed E-state index contributed by atoms with van der Waals surface area (Å²) in [6.45, 7) is 2.19. The first-order valence-electron chi connectivity index (χ1n) is 9.07. The Labute approximate surface area is 170 Å². The van der Waals surface area contributed by atoms with Crippen molar-refractivity contribution in [3.05, 3.63) is 94.1 Å². The van der Waals surface area contributed by atoms with Crippen LogP contribution in [-0.4, -0.2) is 35.6 Å². The molecule has 30 heavy (non-hydrogen) atoms. The van der Waals surface area contributed by atoms with E-state index in [0.717, 1.165) is 5.56 Å². The maximum Gasteiger partial charge on any atom is 0.278 e. The molecule has 10 heteroatoms. The second kappa shape index (κ2) is 7.95. The SMILES string of the molecule is Cc1c(C(=O)Nc2ccccc2Cn2cccn2)nnn1-c1cccc([N+](=O)[O-])c1. The van der Waals surface area contributed by atoms with Gasteiger partial charge in [-0.3, -0.25) is 19.6 Å². The Kier molecular flexibility index (Phi) is 5.04. The van der Waals surface area contributed by atoms with E-state index in [2.05, 4.69) is 20.7 Å². The van der Waals surface area contributed by atoms with E-state index in [1.165, 1.54) is 16.8 Å². The molecular formula is C20H17N7O3. The maximum atomic E-state index is 12.9. The minimum atomic E-state index is -0.486. The maximum absolute atomic E-state index is 12.9. The van der Waals surface area contributed by atoms with Crippen molar-refractivity contribution < 1.29 is 9.72 Å². The second-order valence-corrected chi connectivity index (χ2v) is 6.53. The summed E-state index contributed by atoms with van der Waals surface area (Å²) in [5, 5.41) is 26.1. The van der Waals surface area contributed by atoms with E-state index in [1.54, 1.807) is 36.0 Å². The number of rotatable bonds is 6. The van der Waals surface area contributed by atoms with Gasteiger partial charge in [-0.2, -0.15) is 5.10 Å². The Morgan fingerprint density at radius 2 is 2.00 bits per heavy atom. The molecule has 2 aromatic carbocycles. The Hall–Kier alpha value is -4.34. The third-order valence-corrected chi connectivity index (χ3v) is 4.55. The molecule has 10 nitrogen and oxygen atoms in total. The predicted molar refractivity (Wildman–Crippen MR) is 108 cm³/mol. The molecule has 0 aliphatic carbocycles. The number of nitro benzene ring substituents is 1. The summed E-state index contributed by atoms with van der Waals surface area (Å²) in [5.41, 5.74) is 2.52. The molecule has 2 aromatic heterocycles. The van der Waals surface area contributed by atoms with E-state index in [1.807, 2.05) is 30.5 Å². The van der Waals surface area contributed by atoms with Crippen LogP contribution in [0.1, 0.15) is 21.7 Å². The van der Waals surface area contributed by atoms with Gasteiger partial charge in [0, 0.05) is 30.2 Å². The monoisotopic (exact) mass is 403 g/mol. The van der Waals surface area contributed by atoms with Crippen LogP contribution in [0.25, 0.3) is 5.69 Å². The van der Waals surface area contributed by atoms with E-state index in [4.69, 9.17) is 0 Å². The minimum Gasteiger partial charge on any atom is -0.320 e. The number of para-hydroxylation sites is 1. The van der Waals surface area contributed by atoms with Crippen LogP contribution in [0.3, 0.4) is 0 Å². The summed E-state index contributed by atoms with van der Waals surface area (Å²) in [4.78, 5) is 23.4. The average Bonchev–Trinajstić information content (AvgIpc) is 3.39. The van der Waals surface area contributed by atoms with E-state index >= 15 is 0 Å². The number of anilines is 1. The van der Waals surface area contributed by atoms with Crippen LogP contribution in [0.2, 0.25) is 0 Å². The van der Waals surface area contributed by atoms with Crippen LogP contribution in [0.5, 0.6) is 0 Å². The Morgan fingerprint density at radius 1 is 1.17 bits per heavy atom. The lowest BCUT2D eigenvalue weighted by Crippen LogP contribution is -2.16. The summed E-state index contributed by atoms with van der Waals surface area (Å²) in [6.07, 6.45) is 3.53. The lowest BCUT2D eigenvalue weighted by atomic mass is 10.1. The minimum absolute atomic E-state index is 0.0686. The molecule has 1 N–H and O–H groups in total. The van der Waals surface area contributed by atoms with Gasteiger partial charge < -0.3 is 5.32 Å². The van der Waals surface area contributed by atoms with Crippen molar-refractivity contribution in [3.63, 3.8) is 0 Å². The number of benzene rings is 2. The van der Waals surface area contributed by atoms with Gasteiger partial charge in [0.25, 0.3) is 11.6 Å². The quantitative estimate of drug-likeness (QED) is 0.390. The van der Waals surface area contributed by atoms with Crippen LogP contribution in [-0.2, 0) is 6.54 Å². The zero-order valence-electron chi connectivity index (χ0n) is 16.0. The molecule has 150 valence electrons. The van der Waals surface area contributed by atoms with Gasteiger partial charge in [-0.05, 0) is 30.7 Å². The highest BCUT2D eigenvalue weighted by Gasteiger charge is 2.19. The van der Waals surface area contributed by atoms with Crippen LogP contribution in [0, 0.1) is 17.0 Å². The number of carbonyl (C=O) groups excluding carboxylic acids is 1. The molecule has 2 heterocycles. The zero-order valence-corrected chi connectivity index (χ0v) is 16.0. The highest BCUT2D eigenvalue weighted by Crippen LogP contribution is 2.20. The van der Waals surface area contributed by atoms with Crippen LogP contribution in [0.15, 0.2) is 67.0 Å². The summed E-state index contributed by atoms with van der Waals surface area (Å²) in [6, 6.07) is 15.2. The number of aromatic nitrogens is 5. The molecule has 0 saturated carbocycles. The Balaban J connectivity index is 1.59. The van der Waals surface area contributed by atoms with Crippen molar-refractivity contribution in [1.29, 1.82) is 0 Å². The third kappa shape index (κ3) is 3.78. The number of amides is 1. The first-order chi connectivity index (χ1) is 14.5. The van der Waals surface area contributed by atoms with E-state index in [0.29, 0.717) is 23.6 Å². The summed E-state index contributed by atoms with van der Waals surface area (Å²) >= 11 is 0.